The van der Waals surface area contributed by atoms with Crippen LogP contribution >= 0.6 is 11.6 Å². The fourth-order valence-corrected chi connectivity index (χ4v) is 2.55. The Morgan fingerprint density at radius 3 is 2.53 bits per heavy atom. The number of primary amides is 1. The third kappa shape index (κ3) is 2.30. The molecule has 0 bridgehead atoms. The highest BCUT2D eigenvalue weighted by atomic mass is 35.5. The maximum Gasteiger partial charge on any atom is 0.236 e. The Hall–Kier alpha value is -1.61. The highest BCUT2D eigenvalue weighted by Crippen LogP contribution is 2.40. The zero-order valence-electron chi connectivity index (χ0n) is 10.2. The van der Waals surface area contributed by atoms with Crippen LogP contribution < -0.4 is 5.73 Å². The van der Waals surface area contributed by atoms with E-state index in [1.165, 1.54) is 0 Å². The summed E-state index contributed by atoms with van der Waals surface area (Å²) in [4.78, 5) is 15.3. The van der Waals surface area contributed by atoms with Gasteiger partial charge in [0, 0.05) is 18.1 Å². The standard InChI is InChI=1S/C13H13ClN4O/c14-9-3-1-8(2-4-9)13(17-6-10(17)5-15)18-7-11(18)12(16)19/h1-4,10-11,13H,6-7H2,(H2,16,19). The van der Waals surface area contributed by atoms with Crippen molar-refractivity contribution in [2.24, 2.45) is 5.73 Å². The molecule has 19 heavy (non-hydrogen) atoms. The van der Waals surface area contributed by atoms with Gasteiger partial charge >= 0.3 is 0 Å². The predicted molar refractivity (Wildman–Crippen MR) is 70.0 cm³/mol. The van der Waals surface area contributed by atoms with Crippen LogP contribution in [0.2, 0.25) is 5.02 Å². The average molecular weight is 277 g/mol. The summed E-state index contributed by atoms with van der Waals surface area (Å²) in [6.07, 6.45) is -0.0561. The second kappa shape index (κ2) is 4.49. The Bertz CT molecular complexity index is 553. The molecule has 2 saturated heterocycles. The molecule has 98 valence electrons. The first-order valence-corrected chi connectivity index (χ1v) is 6.45. The van der Waals surface area contributed by atoms with E-state index in [0.717, 1.165) is 12.1 Å². The molecule has 5 unspecified atom stereocenters. The van der Waals surface area contributed by atoms with Crippen LogP contribution in [0.4, 0.5) is 0 Å². The number of rotatable bonds is 4. The molecule has 2 aliphatic rings. The van der Waals surface area contributed by atoms with Crippen molar-refractivity contribution in [3.63, 3.8) is 0 Å². The first kappa shape index (κ1) is 12.4. The Kier molecular flexibility index (Phi) is 2.94. The number of nitriles is 1. The molecule has 1 aromatic carbocycles. The lowest BCUT2D eigenvalue weighted by molar-refractivity contribution is -0.118. The van der Waals surface area contributed by atoms with Crippen LogP contribution in [-0.4, -0.2) is 40.9 Å². The second-order valence-electron chi connectivity index (χ2n) is 4.88. The summed E-state index contributed by atoms with van der Waals surface area (Å²) in [7, 11) is 0. The van der Waals surface area contributed by atoms with Gasteiger partial charge in [0.2, 0.25) is 5.91 Å². The molecule has 1 aromatic rings. The summed E-state index contributed by atoms with van der Waals surface area (Å²) in [6, 6.07) is 9.43. The van der Waals surface area contributed by atoms with Crippen LogP contribution in [0.25, 0.3) is 0 Å². The topological polar surface area (TPSA) is 72.9 Å². The van der Waals surface area contributed by atoms with E-state index in [4.69, 9.17) is 22.6 Å². The van der Waals surface area contributed by atoms with Crippen LogP contribution in [0.1, 0.15) is 11.7 Å². The van der Waals surface area contributed by atoms with E-state index in [2.05, 4.69) is 6.07 Å². The van der Waals surface area contributed by atoms with Crippen molar-refractivity contribution >= 4 is 17.5 Å². The van der Waals surface area contributed by atoms with Crippen LogP contribution in [0.3, 0.4) is 0 Å². The zero-order chi connectivity index (χ0) is 13.6. The molecular formula is C13H13ClN4O. The first-order valence-electron chi connectivity index (χ1n) is 6.07. The molecule has 3 rings (SSSR count). The van der Waals surface area contributed by atoms with Gasteiger partial charge in [0.1, 0.15) is 12.1 Å². The van der Waals surface area contributed by atoms with Crippen molar-refractivity contribution < 1.29 is 4.79 Å². The van der Waals surface area contributed by atoms with Crippen molar-refractivity contribution in [1.82, 2.24) is 9.80 Å². The molecule has 0 saturated carbocycles. The molecule has 0 aliphatic carbocycles. The highest BCUT2D eigenvalue weighted by Gasteiger charge is 2.52. The Balaban J connectivity index is 1.84. The summed E-state index contributed by atoms with van der Waals surface area (Å²) in [6.45, 7) is 1.38. The molecule has 2 aliphatic heterocycles. The van der Waals surface area contributed by atoms with E-state index in [9.17, 15) is 4.79 Å². The number of carbonyl (C=O) groups excluding carboxylic acids is 1. The number of benzene rings is 1. The monoisotopic (exact) mass is 276 g/mol. The summed E-state index contributed by atoms with van der Waals surface area (Å²) < 4.78 is 0. The summed E-state index contributed by atoms with van der Waals surface area (Å²) in [5.74, 6) is -0.311. The van der Waals surface area contributed by atoms with Gasteiger partial charge in [-0.25, -0.2) is 0 Å². The van der Waals surface area contributed by atoms with Crippen molar-refractivity contribution in [3.05, 3.63) is 34.9 Å². The zero-order valence-corrected chi connectivity index (χ0v) is 10.9. The summed E-state index contributed by atoms with van der Waals surface area (Å²) in [5, 5.41) is 9.64. The van der Waals surface area contributed by atoms with Crippen LogP contribution in [-0.2, 0) is 4.79 Å². The number of carbonyl (C=O) groups is 1. The lowest BCUT2D eigenvalue weighted by atomic mass is 10.1. The third-order valence-electron chi connectivity index (χ3n) is 3.57. The minimum atomic E-state index is -0.311. The van der Waals surface area contributed by atoms with Crippen molar-refractivity contribution in [1.29, 1.82) is 5.26 Å². The number of nitrogens with zero attached hydrogens (tertiary/aromatic N) is 3. The van der Waals surface area contributed by atoms with Gasteiger partial charge in [0.15, 0.2) is 0 Å². The van der Waals surface area contributed by atoms with E-state index in [1.54, 1.807) is 0 Å². The van der Waals surface area contributed by atoms with Crippen LogP contribution in [0.5, 0.6) is 0 Å². The molecule has 0 radical (unpaired) electrons. The molecule has 5 atom stereocenters. The number of hydrogen-bond acceptors (Lipinski definition) is 4. The van der Waals surface area contributed by atoms with Crippen LogP contribution in [0, 0.1) is 11.3 Å². The lowest BCUT2D eigenvalue weighted by Gasteiger charge is -2.21. The maximum absolute atomic E-state index is 11.2. The fraction of sp³-hybridized carbons (Fsp3) is 0.385. The summed E-state index contributed by atoms with van der Waals surface area (Å²) in [5.41, 5.74) is 6.36. The van der Waals surface area contributed by atoms with Gasteiger partial charge in [0.25, 0.3) is 0 Å². The van der Waals surface area contributed by atoms with Gasteiger partial charge in [-0.15, -0.1) is 0 Å². The van der Waals surface area contributed by atoms with E-state index in [0.29, 0.717) is 11.6 Å². The number of halogens is 1. The normalized spacial score (nSPS) is 33.3. The van der Waals surface area contributed by atoms with E-state index in [1.807, 2.05) is 34.1 Å². The maximum atomic E-state index is 11.2. The SMILES string of the molecule is N#CC1CN1C(c1ccc(Cl)cc1)N1CC1C(N)=O. The molecule has 2 fully saturated rings. The van der Waals surface area contributed by atoms with Gasteiger partial charge in [-0.3, -0.25) is 14.6 Å². The molecule has 2 heterocycles. The Morgan fingerprint density at radius 1 is 1.37 bits per heavy atom. The third-order valence-corrected chi connectivity index (χ3v) is 3.83. The molecule has 0 aromatic heterocycles. The fourth-order valence-electron chi connectivity index (χ4n) is 2.42. The van der Waals surface area contributed by atoms with Gasteiger partial charge in [0.05, 0.1) is 12.2 Å². The van der Waals surface area contributed by atoms with Crippen molar-refractivity contribution in [2.45, 2.75) is 18.2 Å². The number of amides is 1. The van der Waals surface area contributed by atoms with Crippen molar-refractivity contribution in [2.75, 3.05) is 13.1 Å². The predicted octanol–water partition coefficient (Wildman–Crippen LogP) is 0.716. The quantitative estimate of drug-likeness (QED) is 0.823. The highest BCUT2D eigenvalue weighted by molar-refractivity contribution is 6.30. The smallest absolute Gasteiger partial charge is 0.236 e. The van der Waals surface area contributed by atoms with Gasteiger partial charge in [-0.2, -0.15) is 5.26 Å². The Labute approximate surface area is 116 Å². The second-order valence-corrected chi connectivity index (χ2v) is 5.32. The molecule has 0 spiro atoms. The molecular weight excluding hydrogens is 264 g/mol. The lowest BCUT2D eigenvalue weighted by Crippen LogP contribution is -2.27. The molecule has 1 amide bonds. The number of hydrogen-bond donors (Lipinski definition) is 1. The minimum absolute atomic E-state index is 0.0561. The molecule has 6 heteroatoms. The summed E-state index contributed by atoms with van der Waals surface area (Å²) >= 11 is 5.89. The Morgan fingerprint density at radius 2 is 2.05 bits per heavy atom. The molecule has 5 nitrogen and oxygen atoms in total. The first-order chi connectivity index (χ1) is 9.11. The van der Waals surface area contributed by atoms with Crippen molar-refractivity contribution in [3.8, 4) is 6.07 Å². The molecule has 2 N–H and O–H groups in total. The van der Waals surface area contributed by atoms with Crippen LogP contribution in [0.15, 0.2) is 24.3 Å². The largest absolute Gasteiger partial charge is 0.368 e. The van der Waals surface area contributed by atoms with E-state index in [-0.39, 0.29) is 24.2 Å². The van der Waals surface area contributed by atoms with E-state index < -0.39 is 0 Å². The van der Waals surface area contributed by atoms with Gasteiger partial charge in [-0.1, -0.05) is 23.7 Å². The number of nitrogens with two attached hydrogens (primary N) is 1. The van der Waals surface area contributed by atoms with Gasteiger partial charge < -0.3 is 5.73 Å². The van der Waals surface area contributed by atoms with E-state index >= 15 is 0 Å². The average Bonchev–Trinajstić information content (AvgIpc) is 3.26. The minimum Gasteiger partial charge on any atom is -0.368 e. The van der Waals surface area contributed by atoms with Gasteiger partial charge in [-0.05, 0) is 17.7 Å².